The molecule has 3 nitrogen and oxygen atoms in total. The Balaban J connectivity index is 2.08. The molecule has 0 bridgehead atoms. The quantitative estimate of drug-likeness (QED) is 0.780. The summed E-state index contributed by atoms with van der Waals surface area (Å²) in [7, 11) is 0. The Kier molecular flexibility index (Phi) is 4.04. The summed E-state index contributed by atoms with van der Waals surface area (Å²) in [6, 6.07) is 8.27. The van der Waals surface area contributed by atoms with Crippen molar-refractivity contribution < 1.29 is 0 Å². The molecule has 0 saturated carbocycles. The minimum absolute atomic E-state index is 0.328. The van der Waals surface area contributed by atoms with Gasteiger partial charge in [0.05, 0.1) is 0 Å². The highest BCUT2D eigenvalue weighted by Gasteiger charge is 2.11. The van der Waals surface area contributed by atoms with E-state index in [1.807, 2.05) is 11.0 Å². The van der Waals surface area contributed by atoms with Crippen molar-refractivity contribution in [2.45, 2.75) is 33.7 Å². The summed E-state index contributed by atoms with van der Waals surface area (Å²) in [5, 5.41) is 4.52. The van der Waals surface area contributed by atoms with Gasteiger partial charge in [0.1, 0.15) is 6.33 Å². The molecule has 96 valence electrons. The van der Waals surface area contributed by atoms with Crippen molar-refractivity contribution in [3.05, 3.63) is 34.2 Å². The van der Waals surface area contributed by atoms with Gasteiger partial charge in [-0.1, -0.05) is 32.9 Å². The zero-order valence-corrected chi connectivity index (χ0v) is 13.2. The van der Waals surface area contributed by atoms with E-state index in [0.29, 0.717) is 5.41 Å². The predicted octanol–water partition coefficient (Wildman–Crippen LogP) is 3.99. The molecule has 0 aliphatic heterocycles. The van der Waals surface area contributed by atoms with Crippen LogP contribution in [0.2, 0.25) is 0 Å². The standard InChI is InChI=1S/C14H18IN3/c1-14(2,3)8-9-18-10-16-13(17-18)11-4-6-12(15)7-5-11/h4-7,10H,8-9H2,1-3H3. The fourth-order valence-electron chi connectivity index (χ4n) is 1.58. The molecule has 0 aliphatic carbocycles. The van der Waals surface area contributed by atoms with Crippen molar-refractivity contribution in [2.75, 3.05) is 0 Å². The van der Waals surface area contributed by atoms with Gasteiger partial charge in [-0.3, -0.25) is 4.68 Å². The van der Waals surface area contributed by atoms with Crippen molar-refractivity contribution in [1.82, 2.24) is 14.8 Å². The Morgan fingerprint density at radius 2 is 1.83 bits per heavy atom. The molecular formula is C14H18IN3. The van der Waals surface area contributed by atoms with E-state index in [1.54, 1.807) is 0 Å². The van der Waals surface area contributed by atoms with Gasteiger partial charge in [-0.15, -0.1) is 0 Å². The van der Waals surface area contributed by atoms with Gasteiger partial charge in [0, 0.05) is 15.7 Å². The summed E-state index contributed by atoms with van der Waals surface area (Å²) in [6.07, 6.45) is 2.92. The van der Waals surface area contributed by atoms with Crippen LogP contribution < -0.4 is 0 Å². The molecule has 0 saturated heterocycles. The van der Waals surface area contributed by atoms with E-state index in [-0.39, 0.29) is 0 Å². The van der Waals surface area contributed by atoms with Crippen molar-refractivity contribution in [1.29, 1.82) is 0 Å². The first-order valence-corrected chi connectivity index (χ1v) is 7.17. The van der Waals surface area contributed by atoms with Crippen LogP contribution in [0.3, 0.4) is 0 Å². The number of aryl methyl sites for hydroxylation is 1. The van der Waals surface area contributed by atoms with Crippen LogP contribution >= 0.6 is 22.6 Å². The number of hydrogen-bond acceptors (Lipinski definition) is 2. The van der Waals surface area contributed by atoms with Gasteiger partial charge < -0.3 is 0 Å². The van der Waals surface area contributed by atoms with Crippen LogP contribution in [0.5, 0.6) is 0 Å². The average molecular weight is 355 g/mol. The third-order valence-electron chi connectivity index (χ3n) is 2.73. The van der Waals surface area contributed by atoms with Gasteiger partial charge in [-0.05, 0) is 46.6 Å². The Labute approximate surface area is 122 Å². The maximum Gasteiger partial charge on any atom is 0.181 e. The van der Waals surface area contributed by atoms with Crippen LogP contribution in [0.4, 0.5) is 0 Å². The Hall–Kier alpha value is -0.910. The highest BCUT2D eigenvalue weighted by Crippen LogP contribution is 2.20. The van der Waals surface area contributed by atoms with Gasteiger partial charge in [-0.25, -0.2) is 4.98 Å². The number of nitrogens with zero attached hydrogens (tertiary/aromatic N) is 3. The monoisotopic (exact) mass is 355 g/mol. The van der Waals surface area contributed by atoms with Gasteiger partial charge in [0.15, 0.2) is 5.82 Å². The van der Waals surface area contributed by atoms with Gasteiger partial charge in [0.2, 0.25) is 0 Å². The van der Waals surface area contributed by atoms with Crippen molar-refractivity contribution in [3.63, 3.8) is 0 Å². The number of aromatic nitrogens is 3. The summed E-state index contributed by atoms with van der Waals surface area (Å²) in [6.45, 7) is 7.64. The van der Waals surface area contributed by atoms with E-state index in [9.17, 15) is 0 Å². The zero-order chi connectivity index (χ0) is 13.2. The molecule has 0 N–H and O–H groups in total. The predicted molar refractivity (Wildman–Crippen MR) is 82.2 cm³/mol. The largest absolute Gasteiger partial charge is 0.252 e. The van der Waals surface area contributed by atoms with Crippen molar-refractivity contribution in [2.24, 2.45) is 5.41 Å². The average Bonchev–Trinajstić information content (AvgIpc) is 2.75. The molecule has 18 heavy (non-hydrogen) atoms. The van der Waals surface area contributed by atoms with Gasteiger partial charge in [0.25, 0.3) is 0 Å². The molecule has 0 atom stereocenters. The number of halogens is 1. The number of hydrogen-bond donors (Lipinski definition) is 0. The molecule has 0 unspecified atom stereocenters. The minimum atomic E-state index is 0.328. The third-order valence-corrected chi connectivity index (χ3v) is 3.45. The first kappa shape index (κ1) is 13.5. The Bertz CT molecular complexity index is 509. The third kappa shape index (κ3) is 3.80. The lowest BCUT2D eigenvalue weighted by Gasteiger charge is -2.17. The Morgan fingerprint density at radius 3 is 2.44 bits per heavy atom. The SMILES string of the molecule is CC(C)(C)CCn1cnc(-c2ccc(I)cc2)n1. The summed E-state index contributed by atoms with van der Waals surface area (Å²) in [5.41, 5.74) is 1.40. The second-order valence-electron chi connectivity index (χ2n) is 5.65. The molecule has 2 rings (SSSR count). The fraction of sp³-hybridized carbons (Fsp3) is 0.429. The van der Waals surface area contributed by atoms with Crippen LogP contribution in [0.1, 0.15) is 27.2 Å². The van der Waals surface area contributed by atoms with E-state index in [2.05, 4.69) is 77.7 Å². The van der Waals surface area contributed by atoms with Crippen LogP contribution in [0.25, 0.3) is 11.4 Å². The van der Waals surface area contributed by atoms with E-state index >= 15 is 0 Å². The maximum atomic E-state index is 4.52. The summed E-state index contributed by atoms with van der Waals surface area (Å²) < 4.78 is 3.15. The molecule has 1 aromatic carbocycles. The van der Waals surface area contributed by atoms with Crippen molar-refractivity contribution >= 4 is 22.6 Å². The van der Waals surface area contributed by atoms with Crippen LogP contribution in [-0.2, 0) is 6.54 Å². The summed E-state index contributed by atoms with van der Waals surface area (Å²) >= 11 is 2.30. The lowest BCUT2D eigenvalue weighted by molar-refractivity contribution is 0.341. The van der Waals surface area contributed by atoms with Crippen molar-refractivity contribution in [3.8, 4) is 11.4 Å². The van der Waals surface area contributed by atoms with E-state index in [4.69, 9.17) is 0 Å². The van der Waals surface area contributed by atoms with E-state index in [0.717, 1.165) is 24.4 Å². The van der Waals surface area contributed by atoms with Crippen LogP contribution in [-0.4, -0.2) is 14.8 Å². The molecule has 0 fully saturated rings. The second-order valence-corrected chi connectivity index (χ2v) is 6.89. The molecule has 0 aliphatic rings. The normalized spacial score (nSPS) is 11.8. The molecule has 1 heterocycles. The lowest BCUT2D eigenvalue weighted by Crippen LogP contribution is -2.10. The van der Waals surface area contributed by atoms with Crippen LogP contribution in [0, 0.1) is 8.99 Å². The van der Waals surface area contributed by atoms with Gasteiger partial charge >= 0.3 is 0 Å². The summed E-state index contributed by atoms with van der Waals surface area (Å²) in [5.74, 6) is 0.806. The Morgan fingerprint density at radius 1 is 1.17 bits per heavy atom. The van der Waals surface area contributed by atoms with Gasteiger partial charge in [-0.2, -0.15) is 5.10 Å². The molecule has 0 spiro atoms. The minimum Gasteiger partial charge on any atom is -0.252 e. The first-order valence-electron chi connectivity index (χ1n) is 6.09. The fourth-order valence-corrected chi connectivity index (χ4v) is 1.94. The maximum absolute atomic E-state index is 4.52. The smallest absolute Gasteiger partial charge is 0.181 e. The highest BCUT2D eigenvalue weighted by atomic mass is 127. The number of benzene rings is 1. The summed E-state index contributed by atoms with van der Waals surface area (Å²) in [4.78, 5) is 4.37. The molecule has 2 aromatic rings. The second kappa shape index (κ2) is 5.38. The molecule has 4 heteroatoms. The van der Waals surface area contributed by atoms with E-state index < -0.39 is 0 Å². The van der Waals surface area contributed by atoms with E-state index in [1.165, 1.54) is 3.57 Å². The molecule has 0 radical (unpaired) electrons. The molecular weight excluding hydrogens is 337 g/mol. The number of rotatable bonds is 3. The van der Waals surface area contributed by atoms with Crippen LogP contribution in [0.15, 0.2) is 30.6 Å². The topological polar surface area (TPSA) is 30.7 Å². The highest BCUT2D eigenvalue weighted by molar-refractivity contribution is 14.1. The zero-order valence-electron chi connectivity index (χ0n) is 11.0. The molecule has 1 aromatic heterocycles. The first-order chi connectivity index (χ1) is 8.44. The lowest BCUT2D eigenvalue weighted by atomic mass is 9.92. The molecule has 0 amide bonds.